The number of rotatable bonds is 10. The number of methoxy groups -OCH3 is 1. The molecule has 0 saturated carbocycles. The van der Waals surface area contributed by atoms with Crippen LogP contribution in [0.15, 0.2) is 64.0 Å². The fraction of sp³-hybridized carbons (Fsp3) is 0.217. The Morgan fingerprint density at radius 3 is 2.45 bits per heavy atom. The minimum Gasteiger partial charge on any atom is -0.493 e. The van der Waals surface area contributed by atoms with E-state index in [-0.39, 0.29) is 11.5 Å². The first-order valence-electron chi connectivity index (χ1n) is 9.93. The van der Waals surface area contributed by atoms with Crippen molar-refractivity contribution in [2.75, 3.05) is 13.7 Å². The molecule has 3 aromatic carbocycles. The van der Waals surface area contributed by atoms with Crippen LogP contribution in [0.5, 0.6) is 11.5 Å². The molecule has 0 aromatic heterocycles. The number of benzene rings is 3. The topological polar surface area (TPSA) is 90.6 Å². The van der Waals surface area contributed by atoms with E-state index in [1.807, 2.05) is 12.1 Å². The second-order valence-corrected chi connectivity index (χ2v) is 10.1. The molecular weight excluding hydrogens is 535 g/mol. The lowest BCUT2D eigenvalue weighted by molar-refractivity contribution is 0.282. The first-order chi connectivity index (χ1) is 15.7. The zero-order valence-electron chi connectivity index (χ0n) is 17.8. The van der Waals surface area contributed by atoms with Crippen LogP contribution in [-0.2, 0) is 29.6 Å². The molecular formula is C23H23BrClFN2O4S. The summed E-state index contributed by atoms with van der Waals surface area (Å²) >= 11 is 9.60. The third-order valence-corrected chi connectivity index (χ3v) is 6.72. The van der Waals surface area contributed by atoms with Gasteiger partial charge in [-0.05, 0) is 76.4 Å². The smallest absolute Gasteiger partial charge is 0.238 e. The highest BCUT2D eigenvalue weighted by molar-refractivity contribution is 9.10. The normalized spacial score (nSPS) is 11.4. The van der Waals surface area contributed by atoms with Gasteiger partial charge in [-0.1, -0.05) is 29.8 Å². The Balaban J connectivity index is 1.57. The summed E-state index contributed by atoms with van der Waals surface area (Å²) in [5.74, 6) is 0.675. The minimum absolute atomic E-state index is 0.0974. The molecule has 176 valence electrons. The molecule has 0 amide bonds. The van der Waals surface area contributed by atoms with Crippen molar-refractivity contribution in [1.82, 2.24) is 5.32 Å². The van der Waals surface area contributed by atoms with Gasteiger partial charge in [-0.15, -0.1) is 0 Å². The molecule has 0 unspecified atom stereocenters. The van der Waals surface area contributed by atoms with Crippen LogP contribution in [0, 0.1) is 5.82 Å². The maximum atomic E-state index is 13.2. The fourth-order valence-corrected chi connectivity index (χ4v) is 4.46. The van der Waals surface area contributed by atoms with Crippen LogP contribution in [0.1, 0.15) is 16.7 Å². The van der Waals surface area contributed by atoms with E-state index in [1.54, 1.807) is 25.3 Å². The summed E-state index contributed by atoms with van der Waals surface area (Å²) in [6.07, 6.45) is 0.725. The third kappa shape index (κ3) is 7.15. The highest BCUT2D eigenvalue weighted by Gasteiger charge is 2.13. The highest BCUT2D eigenvalue weighted by Crippen LogP contribution is 2.37. The quantitative estimate of drug-likeness (QED) is 0.349. The number of nitrogens with two attached hydrogens (primary N) is 1. The number of hydrogen-bond acceptors (Lipinski definition) is 5. The Bertz CT molecular complexity index is 1220. The highest BCUT2D eigenvalue weighted by atomic mass is 79.9. The average Bonchev–Trinajstić information content (AvgIpc) is 2.76. The number of primary sulfonamides is 1. The van der Waals surface area contributed by atoms with Crippen LogP contribution in [0.2, 0.25) is 5.02 Å². The molecule has 3 aromatic rings. The van der Waals surface area contributed by atoms with E-state index in [0.717, 1.165) is 22.0 Å². The van der Waals surface area contributed by atoms with Gasteiger partial charge in [-0.25, -0.2) is 17.9 Å². The summed E-state index contributed by atoms with van der Waals surface area (Å²) in [6, 6.07) is 14.5. The van der Waals surface area contributed by atoms with E-state index in [1.165, 1.54) is 24.3 Å². The molecule has 0 aliphatic carbocycles. The Morgan fingerprint density at radius 1 is 1.09 bits per heavy atom. The zero-order chi connectivity index (χ0) is 24.0. The van der Waals surface area contributed by atoms with Gasteiger partial charge in [0.1, 0.15) is 12.4 Å². The van der Waals surface area contributed by atoms with E-state index in [4.69, 9.17) is 26.2 Å². The van der Waals surface area contributed by atoms with Crippen molar-refractivity contribution < 1.29 is 22.3 Å². The zero-order valence-corrected chi connectivity index (χ0v) is 20.9. The largest absolute Gasteiger partial charge is 0.493 e. The number of nitrogens with one attached hydrogen (secondary N) is 1. The molecule has 0 aliphatic rings. The molecule has 0 aliphatic heterocycles. The summed E-state index contributed by atoms with van der Waals surface area (Å²) in [5.41, 5.74) is 2.64. The molecule has 0 fully saturated rings. The van der Waals surface area contributed by atoms with Crippen molar-refractivity contribution in [3.63, 3.8) is 0 Å². The first-order valence-corrected chi connectivity index (χ1v) is 12.6. The van der Waals surface area contributed by atoms with Crippen LogP contribution < -0.4 is 19.9 Å². The lowest BCUT2D eigenvalue weighted by Crippen LogP contribution is -2.17. The molecule has 0 saturated heterocycles. The third-order valence-electron chi connectivity index (χ3n) is 4.85. The number of sulfonamides is 1. The number of ether oxygens (including phenoxy) is 2. The molecule has 0 bridgehead atoms. The molecule has 0 atom stereocenters. The molecule has 33 heavy (non-hydrogen) atoms. The minimum atomic E-state index is -3.68. The summed E-state index contributed by atoms with van der Waals surface area (Å²) in [7, 11) is -2.13. The summed E-state index contributed by atoms with van der Waals surface area (Å²) in [4.78, 5) is 0.0974. The predicted molar refractivity (Wildman–Crippen MR) is 130 cm³/mol. The maximum absolute atomic E-state index is 13.2. The van der Waals surface area contributed by atoms with Crippen molar-refractivity contribution in [3.05, 3.63) is 86.6 Å². The Labute approximate surface area is 206 Å². The average molecular weight is 558 g/mol. The van der Waals surface area contributed by atoms with E-state index in [0.29, 0.717) is 35.2 Å². The molecule has 3 rings (SSSR count). The SMILES string of the molecule is COc1cc(CNCCc2ccc(S(N)(=O)=O)cc2)cc(Br)c1OCc1ccc(F)cc1Cl. The first kappa shape index (κ1) is 25.5. The standard InChI is InChI=1S/C23H23BrClFN2O4S/c1-31-22-11-16(13-28-9-8-15-2-6-19(7-3-15)33(27,29)30)10-20(24)23(22)32-14-17-4-5-18(26)12-21(17)25/h2-7,10-12,28H,8-9,13-14H2,1H3,(H2,27,29,30). The molecule has 3 N–H and O–H groups in total. The van der Waals surface area contributed by atoms with E-state index in [2.05, 4.69) is 21.2 Å². The van der Waals surface area contributed by atoms with Crippen molar-refractivity contribution in [2.24, 2.45) is 5.14 Å². The van der Waals surface area contributed by atoms with Gasteiger partial charge in [0.25, 0.3) is 0 Å². The summed E-state index contributed by atoms with van der Waals surface area (Å²) in [5, 5.41) is 8.76. The Morgan fingerprint density at radius 2 is 1.82 bits per heavy atom. The molecule has 6 nitrogen and oxygen atoms in total. The van der Waals surface area contributed by atoms with Gasteiger partial charge in [-0.2, -0.15) is 0 Å². The number of halogens is 3. The van der Waals surface area contributed by atoms with Gasteiger partial charge in [-0.3, -0.25) is 0 Å². The van der Waals surface area contributed by atoms with E-state index in [9.17, 15) is 12.8 Å². The Kier molecular flexibility index (Phi) is 8.72. The van der Waals surface area contributed by atoms with E-state index < -0.39 is 15.8 Å². The van der Waals surface area contributed by atoms with Crippen molar-refractivity contribution in [1.29, 1.82) is 0 Å². The van der Waals surface area contributed by atoms with Crippen molar-refractivity contribution in [3.8, 4) is 11.5 Å². The van der Waals surface area contributed by atoms with Gasteiger partial charge >= 0.3 is 0 Å². The summed E-state index contributed by atoms with van der Waals surface area (Å²) < 4.78 is 48.0. The van der Waals surface area contributed by atoms with Gasteiger partial charge in [0.05, 0.1) is 21.5 Å². The second-order valence-electron chi connectivity index (χ2n) is 7.25. The number of hydrogen-bond donors (Lipinski definition) is 2. The van der Waals surface area contributed by atoms with Gasteiger partial charge in [0.2, 0.25) is 10.0 Å². The van der Waals surface area contributed by atoms with Crippen LogP contribution in [0.3, 0.4) is 0 Å². The second kappa shape index (κ2) is 11.3. The predicted octanol–water partition coefficient (Wildman–Crippen LogP) is 4.81. The van der Waals surface area contributed by atoms with Crippen LogP contribution in [-0.4, -0.2) is 22.1 Å². The Hall–Kier alpha value is -2.17. The monoisotopic (exact) mass is 556 g/mol. The molecule has 10 heteroatoms. The van der Waals surface area contributed by atoms with Crippen LogP contribution in [0.25, 0.3) is 0 Å². The van der Waals surface area contributed by atoms with Gasteiger partial charge in [0.15, 0.2) is 11.5 Å². The fourth-order valence-electron chi connectivity index (χ4n) is 3.12. The molecule has 0 spiro atoms. The lowest BCUT2D eigenvalue weighted by atomic mass is 10.1. The van der Waals surface area contributed by atoms with Crippen molar-refractivity contribution in [2.45, 2.75) is 24.5 Å². The van der Waals surface area contributed by atoms with Crippen LogP contribution >= 0.6 is 27.5 Å². The molecule has 0 radical (unpaired) electrons. The van der Waals surface area contributed by atoms with Gasteiger partial charge in [0, 0.05) is 12.1 Å². The van der Waals surface area contributed by atoms with Crippen molar-refractivity contribution >= 4 is 37.6 Å². The van der Waals surface area contributed by atoms with Crippen LogP contribution in [0.4, 0.5) is 4.39 Å². The van der Waals surface area contributed by atoms with Gasteiger partial charge < -0.3 is 14.8 Å². The molecule has 0 heterocycles. The lowest BCUT2D eigenvalue weighted by Gasteiger charge is -2.15. The van der Waals surface area contributed by atoms with E-state index >= 15 is 0 Å². The summed E-state index contributed by atoms with van der Waals surface area (Å²) in [6.45, 7) is 1.44. The maximum Gasteiger partial charge on any atom is 0.238 e.